The van der Waals surface area contributed by atoms with Crippen molar-refractivity contribution in [3.8, 4) is 0 Å². The normalized spacial score (nSPS) is 18.1. The van der Waals surface area contributed by atoms with Crippen LogP contribution in [0.25, 0.3) is 0 Å². The Morgan fingerprint density at radius 2 is 1.43 bits per heavy atom. The predicted octanol–water partition coefficient (Wildman–Crippen LogP) is 0.864. The zero-order valence-electron chi connectivity index (χ0n) is 5.43. The molecule has 0 aromatic heterocycles. The van der Waals surface area contributed by atoms with E-state index in [4.69, 9.17) is 10.0 Å². The molecule has 0 spiro atoms. The molecule has 46 valence electrons. The fraction of sp³-hybridized carbons (Fsp3) is 1.00. The summed E-state index contributed by atoms with van der Waals surface area (Å²) in [6, 6.07) is 0. The summed E-state index contributed by atoms with van der Waals surface area (Å²) < 4.78 is 5.03. The Labute approximate surface area is 45.1 Å². The van der Waals surface area contributed by atoms with E-state index < -0.39 is 6.98 Å². The van der Waals surface area contributed by atoms with Crippen LogP contribution in [0.3, 0.4) is 0 Å². The van der Waals surface area contributed by atoms with Gasteiger partial charge in [0.1, 0.15) is 0 Å². The van der Waals surface area contributed by atoms with Crippen molar-refractivity contribution in [3.05, 3.63) is 0 Å². The van der Waals surface area contributed by atoms with Crippen LogP contribution in [-0.4, -0.2) is 27.1 Å². The number of nitrogens with two attached hydrogens (primary N) is 1. The van der Waals surface area contributed by atoms with Crippen LogP contribution in [0.4, 0.5) is 0 Å². The summed E-state index contributed by atoms with van der Waals surface area (Å²) >= 11 is 0. The van der Waals surface area contributed by atoms with Crippen LogP contribution in [0.15, 0.2) is 0 Å². The van der Waals surface area contributed by atoms with Crippen LogP contribution in [0.2, 0.25) is 0 Å². The van der Waals surface area contributed by atoms with Gasteiger partial charge in [0, 0.05) is 0 Å². The molecule has 0 unspecified atom stereocenters. The van der Waals surface area contributed by atoms with E-state index in [0.717, 1.165) is 0 Å². The molecule has 0 aromatic rings. The minimum atomic E-state index is -2.08. The van der Waals surface area contributed by atoms with E-state index in [-0.39, 0.29) is 0 Å². The van der Waals surface area contributed by atoms with Crippen LogP contribution in [0.5, 0.6) is 0 Å². The van der Waals surface area contributed by atoms with Gasteiger partial charge in [0.05, 0.1) is 0 Å². The Balaban J connectivity index is 3.83. The van der Waals surface area contributed by atoms with Crippen molar-refractivity contribution < 1.29 is 4.52 Å². The molecular weight excluding hydrogens is 109 g/mol. The number of hydrogen-bond acceptors (Lipinski definition) is 2. The molecule has 3 heteroatoms. The van der Waals surface area contributed by atoms with Crippen LogP contribution < -0.4 is 5.50 Å². The first-order valence-corrected chi connectivity index (χ1v) is 5.76. The minimum absolute atomic E-state index is 1.65. The van der Waals surface area contributed by atoms with Crippen LogP contribution >= 0.6 is 6.98 Å². The molecule has 7 heavy (non-hydrogen) atoms. The standard InChI is InChI=1S/C4H14NOP/c1-6-7(2,3,4)5/h5H2,1-4H3. The molecule has 0 radical (unpaired) electrons. The van der Waals surface area contributed by atoms with Crippen molar-refractivity contribution in [3.63, 3.8) is 0 Å². The van der Waals surface area contributed by atoms with Crippen molar-refractivity contribution in [2.75, 3.05) is 27.1 Å². The van der Waals surface area contributed by atoms with E-state index in [0.29, 0.717) is 0 Å². The second-order valence-electron chi connectivity index (χ2n) is 2.95. The monoisotopic (exact) mass is 123 g/mol. The van der Waals surface area contributed by atoms with Crippen LogP contribution in [0.1, 0.15) is 0 Å². The maximum atomic E-state index is 5.69. The number of hydrogen-bond donors (Lipinski definition) is 1. The van der Waals surface area contributed by atoms with E-state index in [9.17, 15) is 0 Å². The zero-order valence-corrected chi connectivity index (χ0v) is 6.33. The molecule has 0 aliphatic heterocycles. The Kier molecular flexibility index (Phi) is 1.48. The third-order valence-electron chi connectivity index (χ3n) is 0.653. The van der Waals surface area contributed by atoms with Gasteiger partial charge >= 0.3 is 44.1 Å². The molecule has 2 N–H and O–H groups in total. The second-order valence-corrected chi connectivity index (χ2v) is 8.86. The van der Waals surface area contributed by atoms with Gasteiger partial charge in [-0.05, 0) is 0 Å². The van der Waals surface area contributed by atoms with Crippen molar-refractivity contribution in [2.45, 2.75) is 0 Å². The van der Waals surface area contributed by atoms with Gasteiger partial charge < -0.3 is 0 Å². The first-order valence-electron chi connectivity index (χ1n) is 2.19. The van der Waals surface area contributed by atoms with Crippen LogP contribution in [-0.2, 0) is 4.52 Å². The fourth-order valence-corrected chi connectivity index (χ4v) is 0. The van der Waals surface area contributed by atoms with E-state index in [1.807, 2.05) is 20.0 Å². The molecule has 0 amide bonds. The molecule has 0 bridgehead atoms. The van der Waals surface area contributed by atoms with E-state index >= 15 is 0 Å². The fourth-order valence-electron chi connectivity index (χ4n) is 0. The van der Waals surface area contributed by atoms with Gasteiger partial charge in [-0.1, -0.05) is 0 Å². The molecule has 0 saturated heterocycles. The molecular formula is C4H14NOP. The maximum absolute atomic E-state index is 5.69. The van der Waals surface area contributed by atoms with Gasteiger partial charge in [-0.2, -0.15) is 0 Å². The van der Waals surface area contributed by atoms with Gasteiger partial charge in [0.15, 0.2) is 0 Å². The van der Waals surface area contributed by atoms with Crippen LogP contribution in [0, 0.1) is 0 Å². The average molecular weight is 123 g/mol. The first kappa shape index (κ1) is 7.35. The third kappa shape index (κ3) is 6.35. The summed E-state index contributed by atoms with van der Waals surface area (Å²) in [4.78, 5) is 0. The molecule has 2 nitrogen and oxygen atoms in total. The third-order valence-corrected chi connectivity index (χ3v) is 1.96. The Morgan fingerprint density at radius 1 is 1.29 bits per heavy atom. The summed E-state index contributed by atoms with van der Waals surface area (Å²) in [6.07, 6.45) is 0. The van der Waals surface area contributed by atoms with Crippen molar-refractivity contribution in [1.29, 1.82) is 0 Å². The second kappa shape index (κ2) is 1.41. The summed E-state index contributed by atoms with van der Waals surface area (Å²) in [7, 11) is 1.65. The van der Waals surface area contributed by atoms with Gasteiger partial charge in [-0.15, -0.1) is 0 Å². The first-order chi connectivity index (χ1) is 2.81. The molecule has 0 aliphatic rings. The quantitative estimate of drug-likeness (QED) is 0.525. The molecule has 0 atom stereocenters. The Morgan fingerprint density at radius 3 is 1.43 bits per heavy atom. The van der Waals surface area contributed by atoms with Gasteiger partial charge in [0.2, 0.25) is 0 Å². The van der Waals surface area contributed by atoms with Gasteiger partial charge in [-0.25, -0.2) is 0 Å². The van der Waals surface area contributed by atoms with E-state index in [1.165, 1.54) is 0 Å². The van der Waals surface area contributed by atoms with E-state index in [1.54, 1.807) is 7.11 Å². The van der Waals surface area contributed by atoms with Crippen molar-refractivity contribution in [2.24, 2.45) is 5.50 Å². The van der Waals surface area contributed by atoms with E-state index in [2.05, 4.69) is 0 Å². The Bertz CT molecular complexity index is 64.2. The predicted molar refractivity (Wildman–Crippen MR) is 35.9 cm³/mol. The average Bonchev–Trinajstić information content (AvgIpc) is 1.32. The molecule has 0 rings (SSSR count). The summed E-state index contributed by atoms with van der Waals surface area (Å²) in [5.74, 6) is 0. The van der Waals surface area contributed by atoms with Crippen molar-refractivity contribution >= 4 is 6.98 Å². The molecule has 0 aliphatic carbocycles. The number of rotatable bonds is 1. The summed E-state index contributed by atoms with van der Waals surface area (Å²) in [6.45, 7) is 3.77. The van der Waals surface area contributed by atoms with Gasteiger partial charge in [-0.3, -0.25) is 0 Å². The molecule has 0 fully saturated rings. The summed E-state index contributed by atoms with van der Waals surface area (Å²) in [5.41, 5.74) is 5.69. The van der Waals surface area contributed by atoms with Crippen molar-refractivity contribution in [1.82, 2.24) is 0 Å². The summed E-state index contributed by atoms with van der Waals surface area (Å²) in [5, 5.41) is 0. The molecule has 0 aromatic carbocycles. The zero-order chi connectivity index (χ0) is 6.15. The molecule has 0 heterocycles. The SMILES string of the molecule is COP(C)(C)(C)N. The topological polar surface area (TPSA) is 35.2 Å². The van der Waals surface area contributed by atoms with Gasteiger partial charge in [0.25, 0.3) is 0 Å². The Hall–Kier alpha value is 0.350. The molecule has 0 saturated carbocycles.